The minimum absolute atomic E-state index is 0. The maximum atomic E-state index is 15.6. The van der Waals surface area contributed by atoms with Crippen LogP contribution in [0, 0.1) is 76.4 Å². The van der Waals surface area contributed by atoms with Crippen LogP contribution in [0.5, 0.6) is 17.2 Å². The molecule has 0 aliphatic carbocycles. The molecule has 3 aromatic heterocycles. The molecule has 0 fully saturated rings. The normalized spacial score (nSPS) is 11.7. The Kier molecular flexibility index (Phi) is 33.9. The third-order valence-electron chi connectivity index (χ3n) is 21.4. The second kappa shape index (κ2) is 44.1. The van der Waals surface area contributed by atoms with Gasteiger partial charge in [-0.25, -0.2) is 40.7 Å². The Labute approximate surface area is 728 Å². The van der Waals surface area contributed by atoms with Crippen LogP contribution < -0.4 is 99.0 Å². The Morgan fingerprint density at radius 2 is 0.699 bits per heavy atom. The zero-order valence-electron chi connectivity index (χ0n) is 70.3. The molecule has 12 aromatic rings. The molecule has 3 atom stereocenters. The van der Waals surface area contributed by atoms with E-state index in [2.05, 4.69) is 10.6 Å². The molecular weight excluding hydrogens is 1600 g/mol. The Bertz CT molecular complexity index is 6080. The van der Waals surface area contributed by atoms with E-state index in [1.807, 2.05) is 66.7 Å². The van der Waals surface area contributed by atoms with Crippen LogP contribution in [0.25, 0.3) is 33.4 Å². The number of carboxylic acid groups (broad SMARTS) is 1. The molecule has 638 valence electrons. The van der Waals surface area contributed by atoms with Crippen LogP contribution in [0.4, 0.5) is 26.3 Å². The number of carbonyl (C=O) groups excluding carboxylic acids is 2. The topological polar surface area (TPSA) is 276 Å². The van der Waals surface area contributed by atoms with Crippen LogP contribution in [0.3, 0.4) is 0 Å². The first-order valence-corrected chi connectivity index (χ1v) is 39.5. The molecule has 9 aromatic carbocycles. The molecule has 0 aliphatic heterocycles. The van der Waals surface area contributed by atoms with Crippen LogP contribution >= 0.6 is 0 Å². The van der Waals surface area contributed by atoms with Gasteiger partial charge in [-0.1, -0.05) is 164 Å². The molecule has 29 heteroatoms. The van der Waals surface area contributed by atoms with Gasteiger partial charge in [0.05, 0.1) is 96.0 Å². The summed E-state index contributed by atoms with van der Waals surface area (Å²) in [4.78, 5) is 106. The van der Waals surface area contributed by atoms with E-state index >= 15 is 13.2 Å². The molecule has 4 N–H and O–H groups in total. The molecule has 0 radical (unpaired) electrons. The number of aromatic nitrogens is 6. The summed E-state index contributed by atoms with van der Waals surface area (Å²) < 4.78 is 118. The number of nitrogens with zero attached hydrogens (tertiary/aromatic N) is 6. The van der Waals surface area contributed by atoms with Crippen molar-refractivity contribution in [2.45, 2.75) is 132 Å². The maximum absolute atomic E-state index is 15.6. The van der Waals surface area contributed by atoms with E-state index in [0.717, 1.165) is 30.4 Å². The Hall–Kier alpha value is -12.2. The number of hydrogen-bond acceptors (Lipinski definition) is 16. The summed E-state index contributed by atoms with van der Waals surface area (Å²) in [7, 11) is 3.97. The zero-order valence-corrected chi connectivity index (χ0v) is 72.3. The van der Waals surface area contributed by atoms with Crippen molar-refractivity contribution in [3.05, 3.63) is 365 Å². The molecule has 22 nitrogen and oxygen atoms in total. The number of hydrogen-bond donors (Lipinski definition) is 3. The van der Waals surface area contributed by atoms with Crippen LogP contribution in [0.15, 0.2) is 229 Å². The van der Waals surface area contributed by atoms with Gasteiger partial charge in [0.1, 0.15) is 17.5 Å². The second-order valence-electron chi connectivity index (χ2n) is 29.0. The summed E-state index contributed by atoms with van der Waals surface area (Å²) >= 11 is 0. The fraction of sp³-hybridized carbons (Fsp3) is 0.277. The summed E-state index contributed by atoms with van der Waals surface area (Å²) in [6.07, 6.45) is 0.793. The Morgan fingerprint density at radius 1 is 0.398 bits per heavy atom. The van der Waals surface area contributed by atoms with Gasteiger partial charge in [-0.05, 0) is 151 Å². The van der Waals surface area contributed by atoms with Crippen LogP contribution in [0.1, 0.15) is 118 Å². The fourth-order valence-electron chi connectivity index (χ4n) is 14.6. The van der Waals surface area contributed by atoms with Crippen molar-refractivity contribution >= 4 is 11.9 Å². The van der Waals surface area contributed by atoms with Gasteiger partial charge in [0.25, 0.3) is 16.7 Å². The van der Waals surface area contributed by atoms with Crippen molar-refractivity contribution in [2.24, 2.45) is 5.73 Å². The standard InChI is InChI=1S/C34H37F2N3O5.C32H33F2N3O5.C28H27F2N3O3.Na/c1-5-44-30(40)18-11-19-37-28(24-13-7-6-8-14-24)21-39-33(41)31(25-15-10-17-29(43-4)32(25)36)23(3)38(34(39)42)20-26-22(2)12-9-16-27(26)35;1-20-10-7-14-25(33)24(20)18-36-21(2)29(23-13-8-15-27(42-3)30(23)34)31(40)37(32(36)41)19-26(22-11-5-4-6-12-22)35-17-9-16-28(38)39;1-17-9-7-13-22(29)21(17)15-32-18(2)25(20-12-8-14-24(36-3)26(20)30)27(34)33(28(32)35)16-23(31)19-10-5-4-6-11-19;/h6-10,12-17,28,37H,5,11,18-21H2,1-4H3;4-8,10-15,26,35H,9,16-19H2,1-3H3,(H,38,39);4-14,23H,15-16,31H2,1-3H3;/q;;;+1/p-1/t28-;26-;23-;/m000./s1. The molecule has 12 rings (SSSR count). The molecule has 123 heavy (non-hydrogen) atoms. The molecular formula is C94H96F6N9NaO13. The van der Waals surface area contributed by atoms with E-state index in [1.54, 1.807) is 120 Å². The average Bonchev–Trinajstić information content (AvgIpc) is 0.762. The SMILES string of the molecule is CCOC(=O)CCCN[C@@H](Cn1c(=O)c(-c2cccc(OC)c2F)c(C)n(Cc2c(C)cccc2F)c1=O)c1ccccc1.COc1cccc(-c2c(C)n(Cc3c(C)cccc3F)c(=O)n(C[C@H](N)c3ccccc3)c2=O)c1F.COc1cccc(-c2c(C)n(Cc3c(C)cccc3F)c(=O)n(C[C@H](NCCCC(=O)[O-])c3ccccc3)c2=O)c1F.[Na+]. The van der Waals surface area contributed by atoms with Gasteiger partial charge in [0.15, 0.2) is 34.7 Å². The zero-order chi connectivity index (χ0) is 88.2. The van der Waals surface area contributed by atoms with Gasteiger partial charge in [-0.3, -0.25) is 46.6 Å². The number of ether oxygens (including phenoxy) is 4. The van der Waals surface area contributed by atoms with Gasteiger partial charge in [-0.2, -0.15) is 0 Å². The maximum Gasteiger partial charge on any atom is 1.00 e. The summed E-state index contributed by atoms with van der Waals surface area (Å²) in [6.45, 7) is 11.7. The largest absolute Gasteiger partial charge is 1.00 e. The van der Waals surface area contributed by atoms with E-state index in [9.17, 15) is 56.6 Å². The number of aliphatic carboxylic acids is 1. The predicted octanol–water partition coefficient (Wildman–Crippen LogP) is 10.1. The molecule has 0 unspecified atom stereocenters. The Morgan fingerprint density at radius 3 is 1.00 bits per heavy atom. The van der Waals surface area contributed by atoms with Crippen molar-refractivity contribution < 1.29 is 89.5 Å². The summed E-state index contributed by atoms with van der Waals surface area (Å²) in [5.41, 5.74) is 7.72. The van der Waals surface area contributed by atoms with E-state index in [-0.39, 0.29) is 179 Å². The third kappa shape index (κ3) is 22.4. The van der Waals surface area contributed by atoms with Gasteiger partial charge >= 0.3 is 52.6 Å². The average molecular weight is 1700 g/mol. The molecule has 3 heterocycles. The van der Waals surface area contributed by atoms with E-state index < -0.39 is 92.7 Å². The minimum Gasteiger partial charge on any atom is -0.550 e. The first-order chi connectivity index (χ1) is 58.5. The summed E-state index contributed by atoms with van der Waals surface area (Å²) in [5.74, 6) is -5.38. The quantitative estimate of drug-likeness (QED) is 0.0153. The summed E-state index contributed by atoms with van der Waals surface area (Å²) in [5, 5.41) is 17.5. The van der Waals surface area contributed by atoms with Gasteiger partial charge in [0, 0.05) is 68.9 Å². The van der Waals surface area contributed by atoms with E-state index in [1.165, 1.54) is 96.6 Å². The Balaban J connectivity index is 0.000000209. The van der Waals surface area contributed by atoms with Crippen LogP contribution in [0.2, 0.25) is 0 Å². The number of methoxy groups -OCH3 is 3. The number of carboxylic acids is 1. The van der Waals surface area contributed by atoms with Crippen molar-refractivity contribution in [3.63, 3.8) is 0 Å². The van der Waals surface area contributed by atoms with Crippen molar-refractivity contribution in [2.75, 3.05) is 41.0 Å². The number of benzene rings is 9. The van der Waals surface area contributed by atoms with Gasteiger partial charge in [0.2, 0.25) is 0 Å². The number of halogens is 6. The van der Waals surface area contributed by atoms with Crippen molar-refractivity contribution in [1.82, 2.24) is 38.0 Å². The van der Waals surface area contributed by atoms with Crippen LogP contribution in [-0.2, 0) is 53.6 Å². The first kappa shape index (κ1) is 94.7. The van der Waals surface area contributed by atoms with Crippen molar-refractivity contribution in [3.8, 4) is 50.6 Å². The first-order valence-electron chi connectivity index (χ1n) is 39.5. The minimum atomic E-state index is -1.18. The summed E-state index contributed by atoms with van der Waals surface area (Å²) in [6, 6.07) is 52.8. The number of nitrogens with two attached hydrogens (primary N) is 1. The van der Waals surface area contributed by atoms with Crippen LogP contribution in [-0.4, -0.2) is 80.4 Å². The number of esters is 1. The predicted molar refractivity (Wildman–Crippen MR) is 454 cm³/mol. The van der Waals surface area contributed by atoms with Gasteiger partial charge < -0.3 is 45.2 Å². The second-order valence-corrected chi connectivity index (χ2v) is 29.0. The molecule has 0 amide bonds. The number of rotatable bonds is 32. The molecule has 0 saturated carbocycles. The molecule has 0 aliphatic rings. The smallest absolute Gasteiger partial charge is 0.550 e. The molecule has 0 saturated heterocycles. The monoisotopic (exact) mass is 1700 g/mol. The third-order valence-corrected chi connectivity index (χ3v) is 21.4. The van der Waals surface area contributed by atoms with E-state index in [0.29, 0.717) is 41.8 Å². The van der Waals surface area contributed by atoms with E-state index in [4.69, 9.17) is 24.7 Å². The number of aryl methyl sites for hydroxylation is 3. The van der Waals surface area contributed by atoms with Gasteiger partial charge in [-0.15, -0.1) is 0 Å². The number of nitrogens with one attached hydrogen (secondary N) is 2. The fourth-order valence-corrected chi connectivity index (χ4v) is 14.6. The molecule has 0 spiro atoms. The molecule has 0 bridgehead atoms. The number of carbonyl (C=O) groups is 2. The van der Waals surface area contributed by atoms with Crippen molar-refractivity contribution in [1.29, 1.82) is 0 Å².